The summed E-state index contributed by atoms with van der Waals surface area (Å²) in [5.41, 5.74) is 3.20. The minimum absolute atomic E-state index is 0.0481. The van der Waals surface area contributed by atoms with Crippen molar-refractivity contribution >= 4 is 11.6 Å². The molecule has 0 aliphatic heterocycles. The first-order chi connectivity index (χ1) is 15.1. The number of nitrogens with zero attached hydrogens (tertiary/aromatic N) is 3. The highest BCUT2D eigenvalue weighted by Crippen LogP contribution is 2.29. The molecule has 7 nitrogen and oxygen atoms in total. The molecule has 4 rings (SSSR count). The van der Waals surface area contributed by atoms with Crippen molar-refractivity contribution in [2.24, 2.45) is 0 Å². The average Bonchev–Trinajstić information content (AvgIpc) is 3.25. The number of carbonyl (C=O) groups excluding carboxylic acids is 1. The first-order valence-electron chi connectivity index (χ1n) is 9.72. The van der Waals surface area contributed by atoms with Crippen LogP contribution in [-0.4, -0.2) is 34.9 Å². The van der Waals surface area contributed by atoms with E-state index in [1.807, 2.05) is 61.5 Å². The first-order valence-corrected chi connectivity index (χ1v) is 9.72. The lowest BCUT2D eigenvalue weighted by Gasteiger charge is -2.10. The van der Waals surface area contributed by atoms with E-state index < -0.39 is 5.91 Å². The predicted molar refractivity (Wildman–Crippen MR) is 119 cm³/mol. The Balaban J connectivity index is 1.76. The number of aromatic nitrogens is 3. The van der Waals surface area contributed by atoms with E-state index in [0.29, 0.717) is 23.0 Å². The Labute approximate surface area is 180 Å². The molecule has 0 saturated carbocycles. The van der Waals surface area contributed by atoms with Gasteiger partial charge in [-0.3, -0.25) is 4.79 Å². The number of anilines is 1. The van der Waals surface area contributed by atoms with Crippen molar-refractivity contribution in [3.8, 4) is 28.6 Å². The fourth-order valence-corrected chi connectivity index (χ4v) is 3.24. The van der Waals surface area contributed by atoms with Gasteiger partial charge in [-0.2, -0.15) is 0 Å². The van der Waals surface area contributed by atoms with Gasteiger partial charge in [0.15, 0.2) is 5.82 Å². The van der Waals surface area contributed by atoms with Crippen molar-refractivity contribution in [2.75, 3.05) is 19.5 Å². The third-order valence-electron chi connectivity index (χ3n) is 4.84. The van der Waals surface area contributed by atoms with Gasteiger partial charge in [0, 0.05) is 11.6 Å². The van der Waals surface area contributed by atoms with E-state index in [1.54, 1.807) is 30.0 Å². The van der Waals surface area contributed by atoms with Gasteiger partial charge in [0.05, 0.1) is 25.6 Å². The molecule has 0 spiro atoms. The summed E-state index contributed by atoms with van der Waals surface area (Å²) in [6.45, 7) is 1.99. The largest absolute Gasteiger partial charge is 0.497 e. The van der Waals surface area contributed by atoms with E-state index in [4.69, 9.17) is 9.47 Å². The fraction of sp³-hybridized carbons (Fsp3) is 0.125. The number of para-hydroxylation sites is 1. The zero-order chi connectivity index (χ0) is 21.8. The Morgan fingerprint density at radius 1 is 0.935 bits per heavy atom. The van der Waals surface area contributed by atoms with E-state index in [-0.39, 0.29) is 5.82 Å². The second kappa shape index (κ2) is 8.71. The summed E-state index contributed by atoms with van der Waals surface area (Å²) < 4.78 is 12.3. The van der Waals surface area contributed by atoms with Crippen molar-refractivity contribution in [1.29, 1.82) is 0 Å². The number of aryl methyl sites for hydroxylation is 1. The SMILES string of the molecule is COc1ccc(OC)c(NC(=O)c2nc(-c3ccccc3)n(-c3ccccc3C)n2)c1. The van der Waals surface area contributed by atoms with Crippen molar-refractivity contribution in [3.05, 3.63) is 84.2 Å². The molecule has 0 unspecified atom stereocenters. The lowest BCUT2D eigenvalue weighted by Crippen LogP contribution is -2.15. The van der Waals surface area contributed by atoms with Crippen LogP contribution in [0.3, 0.4) is 0 Å². The van der Waals surface area contributed by atoms with Crippen molar-refractivity contribution in [2.45, 2.75) is 6.92 Å². The predicted octanol–water partition coefficient (Wildman–Crippen LogP) is 4.51. The Morgan fingerprint density at radius 2 is 1.68 bits per heavy atom. The zero-order valence-electron chi connectivity index (χ0n) is 17.5. The van der Waals surface area contributed by atoms with E-state index in [0.717, 1.165) is 16.8 Å². The van der Waals surface area contributed by atoms with Crippen LogP contribution in [0.1, 0.15) is 16.2 Å². The van der Waals surface area contributed by atoms with Gasteiger partial charge in [-0.25, -0.2) is 9.67 Å². The van der Waals surface area contributed by atoms with Gasteiger partial charge in [0.1, 0.15) is 11.5 Å². The highest BCUT2D eigenvalue weighted by atomic mass is 16.5. The average molecular weight is 414 g/mol. The van der Waals surface area contributed by atoms with Crippen LogP contribution in [0.4, 0.5) is 5.69 Å². The summed E-state index contributed by atoms with van der Waals surface area (Å²) in [6, 6.07) is 22.7. The lowest BCUT2D eigenvalue weighted by molar-refractivity contribution is 0.101. The van der Waals surface area contributed by atoms with Crippen LogP contribution in [0.15, 0.2) is 72.8 Å². The molecule has 0 aliphatic carbocycles. The molecular formula is C24H22N4O3. The van der Waals surface area contributed by atoms with Gasteiger partial charge in [0.2, 0.25) is 5.82 Å². The lowest BCUT2D eigenvalue weighted by atomic mass is 10.2. The van der Waals surface area contributed by atoms with Gasteiger partial charge in [-0.05, 0) is 30.7 Å². The topological polar surface area (TPSA) is 78.3 Å². The second-order valence-corrected chi connectivity index (χ2v) is 6.84. The van der Waals surface area contributed by atoms with Crippen LogP contribution >= 0.6 is 0 Å². The Kier molecular flexibility index (Phi) is 5.66. The normalized spacial score (nSPS) is 10.5. The highest BCUT2D eigenvalue weighted by molar-refractivity contribution is 6.02. The molecule has 4 aromatic rings. The van der Waals surface area contributed by atoms with E-state index in [1.165, 1.54) is 7.11 Å². The third kappa shape index (κ3) is 4.11. The summed E-state index contributed by atoms with van der Waals surface area (Å²) in [4.78, 5) is 17.6. The number of amides is 1. The Hall–Kier alpha value is -4.13. The molecule has 0 bridgehead atoms. The monoisotopic (exact) mass is 414 g/mol. The quantitative estimate of drug-likeness (QED) is 0.502. The van der Waals surface area contributed by atoms with Crippen LogP contribution < -0.4 is 14.8 Å². The summed E-state index contributed by atoms with van der Waals surface area (Å²) in [5.74, 6) is 1.29. The molecule has 0 saturated heterocycles. The van der Waals surface area contributed by atoms with Gasteiger partial charge in [-0.15, -0.1) is 5.10 Å². The fourth-order valence-electron chi connectivity index (χ4n) is 3.24. The Bertz CT molecular complexity index is 1220. The molecule has 7 heteroatoms. The number of ether oxygens (including phenoxy) is 2. The standard InChI is InChI=1S/C24H22N4O3/c1-16-9-7-8-12-20(16)28-23(17-10-5-4-6-11-17)26-22(27-28)24(29)25-19-15-18(30-2)13-14-21(19)31-3/h4-15H,1-3H3,(H,25,29). The third-order valence-corrected chi connectivity index (χ3v) is 4.84. The molecule has 31 heavy (non-hydrogen) atoms. The minimum atomic E-state index is -0.448. The first kappa shape index (κ1) is 20.2. The molecule has 1 heterocycles. The molecule has 3 aromatic carbocycles. The van der Waals surface area contributed by atoms with E-state index >= 15 is 0 Å². The summed E-state index contributed by atoms with van der Waals surface area (Å²) in [7, 11) is 3.10. The highest BCUT2D eigenvalue weighted by Gasteiger charge is 2.20. The van der Waals surface area contributed by atoms with Crippen LogP contribution in [0.25, 0.3) is 17.1 Å². The Morgan fingerprint density at radius 3 is 2.39 bits per heavy atom. The molecule has 0 atom stereocenters. The summed E-state index contributed by atoms with van der Waals surface area (Å²) in [5, 5.41) is 7.36. The zero-order valence-corrected chi connectivity index (χ0v) is 17.5. The maximum atomic E-state index is 13.0. The summed E-state index contributed by atoms with van der Waals surface area (Å²) >= 11 is 0. The number of rotatable bonds is 6. The van der Waals surface area contributed by atoms with Gasteiger partial charge in [0.25, 0.3) is 5.91 Å². The maximum absolute atomic E-state index is 13.0. The van der Waals surface area contributed by atoms with Crippen LogP contribution in [-0.2, 0) is 0 Å². The van der Waals surface area contributed by atoms with E-state index in [9.17, 15) is 4.79 Å². The number of nitrogens with one attached hydrogen (secondary N) is 1. The van der Waals surface area contributed by atoms with Crippen LogP contribution in [0.2, 0.25) is 0 Å². The molecule has 0 radical (unpaired) electrons. The molecule has 156 valence electrons. The van der Waals surface area contributed by atoms with Gasteiger partial charge >= 0.3 is 0 Å². The van der Waals surface area contributed by atoms with Crippen molar-refractivity contribution in [3.63, 3.8) is 0 Å². The smallest absolute Gasteiger partial charge is 0.295 e. The number of carbonyl (C=O) groups is 1. The second-order valence-electron chi connectivity index (χ2n) is 6.84. The molecule has 0 aliphatic rings. The maximum Gasteiger partial charge on any atom is 0.295 e. The number of benzene rings is 3. The molecule has 1 amide bonds. The molecule has 1 aromatic heterocycles. The number of hydrogen-bond acceptors (Lipinski definition) is 5. The molecular weight excluding hydrogens is 392 g/mol. The molecule has 1 N–H and O–H groups in total. The molecule has 0 fully saturated rings. The van der Waals surface area contributed by atoms with Crippen molar-refractivity contribution in [1.82, 2.24) is 14.8 Å². The van der Waals surface area contributed by atoms with E-state index in [2.05, 4.69) is 15.4 Å². The summed E-state index contributed by atoms with van der Waals surface area (Å²) in [6.07, 6.45) is 0. The van der Waals surface area contributed by atoms with Gasteiger partial charge < -0.3 is 14.8 Å². The van der Waals surface area contributed by atoms with Gasteiger partial charge in [-0.1, -0.05) is 48.5 Å². The number of hydrogen-bond donors (Lipinski definition) is 1. The number of methoxy groups -OCH3 is 2. The minimum Gasteiger partial charge on any atom is -0.497 e. The van der Waals surface area contributed by atoms with Crippen LogP contribution in [0.5, 0.6) is 11.5 Å². The van der Waals surface area contributed by atoms with Crippen molar-refractivity contribution < 1.29 is 14.3 Å². The van der Waals surface area contributed by atoms with Crippen LogP contribution in [0, 0.1) is 6.92 Å².